The van der Waals surface area contributed by atoms with E-state index in [2.05, 4.69) is 9.97 Å². The maximum absolute atomic E-state index is 5.63. The molecule has 3 rings (SSSR count). The normalized spacial score (nSPS) is 10.6. The Morgan fingerprint density at radius 2 is 1.77 bits per heavy atom. The van der Waals surface area contributed by atoms with E-state index in [1.165, 1.54) is 0 Å². The zero-order valence-electron chi connectivity index (χ0n) is 12.3. The third-order valence-electron chi connectivity index (χ3n) is 3.23. The molecular weight excluding hydrogens is 278 g/mol. The van der Waals surface area contributed by atoms with Crippen LogP contribution in [0, 0.1) is 0 Å². The second-order valence-electron chi connectivity index (χ2n) is 4.78. The molecule has 0 atom stereocenters. The molecule has 0 aliphatic rings. The number of benzene rings is 1. The van der Waals surface area contributed by atoms with Gasteiger partial charge >= 0.3 is 0 Å². The molecule has 0 fully saturated rings. The fourth-order valence-electron chi connectivity index (χ4n) is 2.08. The molecule has 2 aromatic heterocycles. The van der Waals surface area contributed by atoms with Crippen molar-refractivity contribution in [2.45, 2.75) is 13.2 Å². The number of ether oxygens (including phenoxy) is 2. The number of methoxy groups -OCH3 is 1. The van der Waals surface area contributed by atoms with E-state index in [4.69, 9.17) is 9.47 Å². The van der Waals surface area contributed by atoms with Crippen LogP contribution >= 0.6 is 0 Å². The number of hydrogen-bond acceptors (Lipinski definition) is 4. The largest absolute Gasteiger partial charge is 0.497 e. The Hall–Kier alpha value is -2.66. The van der Waals surface area contributed by atoms with Gasteiger partial charge in [0.05, 0.1) is 38.0 Å². The lowest BCUT2D eigenvalue weighted by Gasteiger charge is -2.04. The minimum atomic E-state index is 0.458. The number of rotatable bonds is 6. The highest BCUT2D eigenvalue weighted by atomic mass is 16.5. The summed E-state index contributed by atoms with van der Waals surface area (Å²) in [4.78, 5) is 8.57. The summed E-state index contributed by atoms with van der Waals surface area (Å²) in [5.41, 5.74) is 2.83. The van der Waals surface area contributed by atoms with Crippen LogP contribution in [0.3, 0.4) is 0 Å². The Kier molecular flexibility index (Phi) is 4.46. The maximum atomic E-state index is 5.63. The summed E-state index contributed by atoms with van der Waals surface area (Å²) < 4.78 is 12.7. The van der Waals surface area contributed by atoms with E-state index in [0.717, 1.165) is 22.8 Å². The van der Waals surface area contributed by atoms with Crippen molar-refractivity contribution >= 4 is 0 Å². The van der Waals surface area contributed by atoms with Crippen LogP contribution < -0.4 is 4.74 Å². The first-order chi connectivity index (χ1) is 10.8. The Balaban J connectivity index is 1.58. The van der Waals surface area contributed by atoms with Gasteiger partial charge in [0, 0.05) is 18.1 Å². The summed E-state index contributed by atoms with van der Waals surface area (Å²) in [7, 11) is 1.66. The first-order valence-corrected chi connectivity index (χ1v) is 7.00. The van der Waals surface area contributed by atoms with Gasteiger partial charge < -0.3 is 14.0 Å². The average Bonchev–Trinajstić information content (AvgIpc) is 3.05. The summed E-state index contributed by atoms with van der Waals surface area (Å²) in [6.07, 6.45) is 5.50. The van der Waals surface area contributed by atoms with Crippen LogP contribution in [0.25, 0.3) is 5.69 Å². The third-order valence-corrected chi connectivity index (χ3v) is 3.23. The van der Waals surface area contributed by atoms with Crippen molar-refractivity contribution in [2.75, 3.05) is 7.11 Å². The first-order valence-electron chi connectivity index (χ1n) is 7.00. The monoisotopic (exact) mass is 295 g/mol. The molecule has 0 spiro atoms. The molecule has 3 aromatic rings. The number of pyridine rings is 1. The van der Waals surface area contributed by atoms with Gasteiger partial charge in [-0.1, -0.05) is 6.07 Å². The van der Waals surface area contributed by atoms with Crippen LogP contribution in [0.4, 0.5) is 0 Å². The van der Waals surface area contributed by atoms with Crippen LogP contribution in [-0.4, -0.2) is 21.6 Å². The van der Waals surface area contributed by atoms with Crippen LogP contribution in [0.1, 0.15) is 11.4 Å². The number of nitrogens with zero attached hydrogens (tertiary/aromatic N) is 3. The average molecular weight is 295 g/mol. The number of hydrogen-bond donors (Lipinski definition) is 0. The summed E-state index contributed by atoms with van der Waals surface area (Å²) in [5, 5.41) is 0. The second kappa shape index (κ2) is 6.87. The zero-order valence-corrected chi connectivity index (χ0v) is 12.3. The molecule has 0 amide bonds. The quantitative estimate of drug-likeness (QED) is 0.701. The lowest BCUT2D eigenvalue weighted by molar-refractivity contribution is 0.102. The molecule has 0 aliphatic heterocycles. The topological polar surface area (TPSA) is 49.2 Å². The minimum Gasteiger partial charge on any atom is -0.497 e. The molecule has 0 saturated heterocycles. The molecule has 1 aromatic carbocycles. The van der Waals surface area contributed by atoms with Crippen molar-refractivity contribution in [3.63, 3.8) is 0 Å². The highest BCUT2D eigenvalue weighted by Crippen LogP contribution is 2.15. The van der Waals surface area contributed by atoms with Crippen LogP contribution in [0.2, 0.25) is 0 Å². The predicted octanol–water partition coefficient (Wildman–Crippen LogP) is 2.99. The highest BCUT2D eigenvalue weighted by molar-refractivity contribution is 5.37. The molecule has 5 heteroatoms. The Labute approximate surface area is 129 Å². The summed E-state index contributed by atoms with van der Waals surface area (Å²) in [5.74, 6) is 0.836. The van der Waals surface area contributed by atoms with E-state index in [-0.39, 0.29) is 0 Å². The van der Waals surface area contributed by atoms with E-state index in [1.54, 1.807) is 19.6 Å². The molecule has 2 heterocycles. The second-order valence-corrected chi connectivity index (χ2v) is 4.78. The molecule has 22 heavy (non-hydrogen) atoms. The van der Waals surface area contributed by atoms with E-state index in [0.29, 0.717) is 13.2 Å². The van der Waals surface area contributed by atoms with Gasteiger partial charge in [-0.15, -0.1) is 0 Å². The number of imidazole rings is 1. The van der Waals surface area contributed by atoms with Gasteiger partial charge in [0.1, 0.15) is 5.75 Å². The molecule has 5 nitrogen and oxygen atoms in total. The predicted molar refractivity (Wildman–Crippen MR) is 82.8 cm³/mol. The van der Waals surface area contributed by atoms with Gasteiger partial charge in [-0.3, -0.25) is 4.98 Å². The first kappa shape index (κ1) is 14.3. The van der Waals surface area contributed by atoms with Gasteiger partial charge in [0.2, 0.25) is 0 Å². The van der Waals surface area contributed by atoms with Gasteiger partial charge in [-0.05, 0) is 36.4 Å². The van der Waals surface area contributed by atoms with Crippen LogP contribution in [0.5, 0.6) is 5.75 Å². The molecular formula is C17H17N3O2. The van der Waals surface area contributed by atoms with E-state index in [9.17, 15) is 0 Å². The van der Waals surface area contributed by atoms with Crippen LogP contribution in [0.15, 0.2) is 61.2 Å². The SMILES string of the molecule is COc1ccc(-n2cnc(COCc3ccccn3)c2)cc1. The van der Waals surface area contributed by atoms with E-state index < -0.39 is 0 Å². The van der Waals surface area contributed by atoms with Crippen molar-refractivity contribution in [1.29, 1.82) is 0 Å². The van der Waals surface area contributed by atoms with Crippen molar-refractivity contribution in [2.24, 2.45) is 0 Å². The Bertz CT molecular complexity index is 708. The van der Waals surface area contributed by atoms with Gasteiger partial charge in [0.25, 0.3) is 0 Å². The van der Waals surface area contributed by atoms with Gasteiger partial charge in [0.15, 0.2) is 0 Å². The summed E-state index contributed by atoms with van der Waals surface area (Å²) >= 11 is 0. The van der Waals surface area contributed by atoms with E-state index in [1.807, 2.05) is 53.2 Å². The van der Waals surface area contributed by atoms with Gasteiger partial charge in [-0.2, -0.15) is 0 Å². The highest BCUT2D eigenvalue weighted by Gasteiger charge is 2.02. The van der Waals surface area contributed by atoms with Crippen LogP contribution in [-0.2, 0) is 18.0 Å². The maximum Gasteiger partial charge on any atom is 0.119 e. The van der Waals surface area contributed by atoms with E-state index >= 15 is 0 Å². The standard InChI is InChI=1S/C17H17N3O2/c1-21-17-7-5-16(6-8-17)20-10-15(19-13-20)12-22-11-14-4-2-3-9-18-14/h2-10,13H,11-12H2,1H3. The zero-order chi connectivity index (χ0) is 15.2. The molecule has 0 N–H and O–H groups in total. The lowest BCUT2D eigenvalue weighted by Crippen LogP contribution is -1.96. The fraction of sp³-hybridized carbons (Fsp3) is 0.176. The Morgan fingerprint density at radius 3 is 2.50 bits per heavy atom. The third kappa shape index (κ3) is 3.51. The molecule has 0 unspecified atom stereocenters. The summed E-state index contributed by atoms with van der Waals surface area (Å²) in [6.45, 7) is 0.940. The molecule has 112 valence electrons. The molecule has 0 bridgehead atoms. The molecule has 0 saturated carbocycles. The Morgan fingerprint density at radius 1 is 0.955 bits per heavy atom. The summed E-state index contributed by atoms with van der Waals surface area (Å²) in [6, 6.07) is 13.6. The fourth-order valence-corrected chi connectivity index (χ4v) is 2.08. The van der Waals surface area contributed by atoms with Crippen molar-refractivity contribution in [1.82, 2.24) is 14.5 Å². The smallest absolute Gasteiger partial charge is 0.119 e. The van der Waals surface area contributed by atoms with Crippen molar-refractivity contribution < 1.29 is 9.47 Å². The number of aromatic nitrogens is 3. The molecule has 0 aliphatic carbocycles. The minimum absolute atomic E-state index is 0.458. The lowest BCUT2D eigenvalue weighted by atomic mass is 10.3. The molecule has 0 radical (unpaired) electrons. The van der Waals surface area contributed by atoms with Gasteiger partial charge in [-0.25, -0.2) is 4.98 Å². The van der Waals surface area contributed by atoms with Crippen molar-refractivity contribution in [3.8, 4) is 11.4 Å². The van der Waals surface area contributed by atoms with Crippen molar-refractivity contribution in [3.05, 3.63) is 72.6 Å².